The minimum Gasteiger partial charge on any atom is -0.465 e. The van der Waals surface area contributed by atoms with Crippen molar-refractivity contribution in [1.82, 2.24) is 4.90 Å². The number of aliphatic hydroxyl groups excluding tert-OH is 1. The maximum absolute atomic E-state index is 11.3. The van der Waals surface area contributed by atoms with Gasteiger partial charge in [-0.2, -0.15) is 0 Å². The second kappa shape index (κ2) is 7.61. The first-order chi connectivity index (χ1) is 10.1. The van der Waals surface area contributed by atoms with Gasteiger partial charge in [0.25, 0.3) is 0 Å². The maximum atomic E-state index is 11.3. The number of aliphatic hydroxyl groups is 1. The average molecular weight is 295 g/mol. The first kappa shape index (κ1) is 16.0. The molecular formula is C16H25NO4. The molecule has 1 heterocycles. The molecule has 1 aromatic rings. The van der Waals surface area contributed by atoms with Gasteiger partial charge in [-0.25, -0.2) is 0 Å². The van der Waals surface area contributed by atoms with E-state index < -0.39 is 6.10 Å². The number of nitrogens with zero attached hydrogens (tertiary/aromatic N) is 1. The predicted octanol–water partition coefficient (Wildman–Crippen LogP) is 2.26. The van der Waals surface area contributed by atoms with Crippen molar-refractivity contribution in [3.05, 3.63) is 23.7 Å². The highest BCUT2D eigenvalue weighted by Gasteiger charge is 2.31. The zero-order chi connectivity index (χ0) is 15.2. The van der Waals surface area contributed by atoms with Gasteiger partial charge in [0, 0.05) is 19.0 Å². The lowest BCUT2D eigenvalue weighted by molar-refractivity contribution is -0.147. The van der Waals surface area contributed by atoms with E-state index in [1.807, 2.05) is 26.0 Å². The SMILES string of the molecule is CCCC(=O)OCC(O)CN(Cc1ccc(C)o1)C1CC1. The summed E-state index contributed by atoms with van der Waals surface area (Å²) in [7, 11) is 0. The summed E-state index contributed by atoms with van der Waals surface area (Å²) in [6.07, 6.45) is 2.83. The van der Waals surface area contributed by atoms with Crippen LogP contribution in [0, 0.1) is 6.92 Å². The molecule has 1 aromatic heterocycles. The lowest BCUT2D eigenvalue weighted by Crippen LogP contribution is -2.36. The third-order valence-corrected chi connectivity index (χ3v) is 3.55. The standard InChI is InChI=1S/C16H25NO4/c1-3-4-16(19)20-11-14(18)9-17(13-6-7-13)10-15-8-5-12(2)21-15/h5,8,13-14,18H,3-4,6-7,9-11H2,1-2H3. The molecule has 0 aliphatic heterocycles. The Kier molecular flexibility index (Phi) is 5.82. The fraction of sp³-hybridized carbons (Fsp3) is 0.688. The fourth-order valence-electron chi connectivity index (χ4n) is 2.34. The van der Waals surface area contributed by atoms with Crippen LogP contribution in [-0.2, 0) is 16.1 Å². The molecule has 0 amide bonds. The number of carbonyl (C=O) groups excluding carboxylic acids is 1. The zero-order valence-electron chi connectivity index (χ0n) is 12.9. The van der Waals surface area contributed by atoms with Gasteiger partial charge < -0.3 is 14.3 Å². The Balaban J connectivity index is 1.78. The molecule has 0 saturated heterocycles. The average Bonchev–Trinajstić information content (AvgIpc) is 3.20. The topological polar surface area (TPSA) is 62.9 Å². The van der Waals surface area contributed by atoms with Crippen LogP contribution in [0.1, 0.15) is 44.1 Å². The maximum Gasteiger partial charge on any atom is 0.305 e. The van der Waals surface area contributed by atoms with Crippen LogP contribution in [0.3, 0.4) is 0 Å². The summed E-state index contributed by atoms with van der Waals surface area (Å²) in [4.78, 5) is 13.5. The number of rotatable bonds is 9. The summed E-state index contributed by atoms with van der Waals surface area (Å²) in [6.45, 7) is 5.12. The summed E-state index contributed by atoms with van der Waals surface area (Å²) in [5.74, 6) is 1.57. The molecule has 0 aromatic carbocycles. The van der Waals surface area contributed by atoms with Crippen molar-refractivity contribution in [3.63, 3.8) is 0 Å². The molecule has 21 heavy (non-hydrogen) atoms. The van der Waals surface area contributed by atoms with Crippen molar-refractivity contribution < 1.29 is 19.1 Å². The van der Waals surface area contributed by atoms with Crippen molar-refractivity contribution in [2.75, 3.05) is 13.2 Å². The molecule has 1 fully saturated rings. The van der Waals surface area contributed by atoms with Gasteiger partial charge in [0.1, 0.15) is 24.2 Å². The number of furan rings is 1. The third-order valence-electron chi connectivity index (χ3n) is 3.55. The predicted molar refractivity (Wildman–Crippen MR) is 78.8 cm³/mol. The van der Waals surface area contributed by atoms with Gasteiger partial charge in [0.2, 0.25) is 0 Å². The molecule has 2 rings (SSSR count). The van der Waals surface area contributed by atoms with E-state index in [-0.39, 0.29) is 12.6 Å². The monoisotopic (exact) mass is 295 g/mol. The van der Waals surface area contributed by atoms with Crippen LogP contribution in [0.15, 0.2) is 16.5 Å². The van der Waals surface area contributed by atoms with Crippen LogP contribution in [-0.4, -0.2) is 41.3 Å². The van der Waals surface area contributed by atoms with E-state index >= 15 is 0 Å². The van der Waals surface area contributed by atoms with Crippen molar-refractivity contribution >= 4 is 5.97 Å². The normalized spacial score (nSPS) is 16.2. The van der Waals surface area contributed by atoms with E-state index in [9.17, 15) is 9.90 Å². The molecule has 0 spiro atoms. The molecule has 118 valence electrons. The smallest absolute Gasteiger partial charge is 0.305 e. The molecule has 1 aliphatic carbocycles. The minimum atomic E-state index is -0.650. The first-order valence-corrected chi connectivity index (χ1v) is 7.71. The van der Waals surface area contributed by atoms with Crippen LogP contribution < -0.4 is 0 Å². The number of hydrogen-bond donors (Lipinski definition) is 1. The highest BCUT2D eigenvalue weighted by molar-refractivity contribution is 5.69. The van der Waals surface area contributed by atoms with Gasteiger partial charge >= 0.3 is 5.97 Å². The van der Waals surface area contributed by atoms with Crippen LogP contribution in [0.5, 0.6) is 0 Å². The van der Waals surface area contributed by atoms with Crippen LogP contribution in [0.25, 0.3) is 0 Å². The van der Waals surface area contributed by atoms with Crippen LogP contribution in [0.2, 0.25) is 0 Å². The van der Waals surface area contributed by atoms with Crippen molar-refractivity contribution in [2.24, 2.45) is 0 Å². The van der Waals surface area contributed by atoms with Crippen molar-refractivity contribution in [3.8, 4) is 0 Å². The molecule has 0 bridgehead atoms. The Morgan fingerprint density at radius 1 is 1.52 bits per heavy atom. The summed E-state index contributed by atoms with van der Waals surface area (Å²) in [5.41, 5.74) is 0. The Bertz CT molecular complexity index is 453. The Morgan fingerprint density at radius 2 is 2.29 bits per heavy atom. The zero-order valence-corrected chi connectivity index (χ0v) is 12.9. The summed E-state index contributed by atoms with van der Waals surface area (Å²) in [5, 5.41) is 10.0. The van der Waals surface area contributed by atoms with E-state index in [0.29, 0.717) is 25.6 Å². The van der Waals surface area contributed by atoms with Crippen LogP contribution >= 0.6 is 0 Å². The van der Waals surface area contributed by atoms with Gasteiger partial charge in [-0.05, 0) is 38.3 Å². The Labute approximate surface area is 125 Å². The number of esters is 1. The summed E-state index contributed by atoms with van der Waals surface area (Å²) < 4.78 is 10.7. The number of hydrogen-bond acceptors (Lipinski definition) is 5. The highest BCUT2D eigenvalue weighted by atomic mass is 16.5. The van der Waals surface area contributed by atoms with Gasteiger partial charge in [0.15, 0.2) is 0 Å². The minimum absolute atomic E-state index is 0.0687. The van der Waals surface area contributed by atoms with E-state index in [0.717, 1.165) is 30.8 Å². The molecule has 1 N–H and O–H groups in total. The Hall–Kier alpha value is -1.33. The van der Waals surface area contributed by atoms with Gasteiger partial charge in [-0.15, -0.1) is 0 Å². The van der Waals surface area contributed by atoms with Crippen molar-refractivity contribution in [1.29, 1.82) is 0 Å². The molecule has 1 saturated carbocycles. The molecular weight excluding hydrogens is 270 g/mol. The molecule has 1 aliphatic rings. The molecule has 5 nitrogen and oxygen atoms in total. The molecule has 5 heteroatoms. The van der Waals surface area contributed by atoms with E-state index in [1.54, 1.807) is 0 Å². The van der Waals surface area contributed by atoms with Gasteiger partial charge in [-0.1, -0.05) is 6.92 Å². The van der Waals surface area contributed by atoms with E-state index in [2.05, 4.69) is 4.90 Å². The van der Waals surface area contributed by atoms with Crippen LogP contribution in [0.4, 0.5) is 0 Å². The molecule has 0 radical (unpaired) electrons. The Morgan fingerprint density at radius 3 is 2.86 bits per heavy atom. The molecule has 1 atom stereocenters. The second-order valence-corrected chi connectivity index (χ2v) is 5.76. The lowest BCUT2D eigenvalue weighted by Gasteiger charge is -2.23. The van der Waals surface area contributed by atoms with Gasteiger partial charge in [-0.3, -0.25) is 9.69 Å². The largest absolute Gasteiger partial charge is 0.465 e. The summed E-state index contributed by atoms with van der Waals surface area (Å²) in [6, 6.07) is 4.43. The van der Waals surface area contributed by atoms with Gasteiger partial charge in [0.05, 0.1) is 6.54 Å². The fourth-order valence-corrected chi connectivity index (χ4v) is 2.34. The van der Waals surface area contributed by atoms with E-state index in [4.69, 9.17) is 9.15 Å². The quantitative estimate of drug-likeness (QED) is 0.708. The summed E-state index contributed by atoms with van der Waals surface area (Å²) >= 11 is 0. The van der Waals surface area contributed by atoms with E-state index in [1.165, 1.54) is 0 Å². The molecule has 1 unspecified atom stereocenters. The number of ether oxygens (including phenoxy) is 1. The number of carbonyl (C=O) groups is 1. The highest BCUT2D eigenvalue weighted by Crippen LogP contribution is 2.28. The van der Waals surface area contributed by atoms with Crippen molar-refractivity contribution in [2.45, 2.75) is 58.2 Å². The first-order valence-electron chi connectivity index (χ1n) is 7.71. The second-order valence-electron chi connectivity index (χ2n) is 5.76. The third kappa shape index (κ3) is 5.52. The lowest BCUT2D eigenvalue weighted by atomic mass is 10.3. The number of aryl methyl sites for hydroxylation is 1.